The van der Waals surface area contributed by atoms with E-state index in [2.05, 4.69) is 9.97 Å². The topological polar surface area (TPSA) is 138 Å². The molecular weight excluding hydrogens is 586 g/mol. The molecule has 12 heteroatoms. The minimum absolute atomic E-state index is 0.135. The van der Waals surface area contributed by atoms with Gasteiger partial charge in [-0.2, -0.15) is 0 Å². The van der Waals surface area contributed by atoms with Crippen LogP contribution in [0, 0.1) is 0 Å². The maximum Gasteiger partial charge on any atom is 0.410 e. The summed E-state index contributed by atoms with van der Waals surface area (Å²) < 4.78 is 14.1. The van der Waals surface area contributed by atoms with Crippen molar-refractivity contribution in [1.29, 1.82) is 0 Å². The van der Waals surface area contributed by atoms with Crippen LogP contribution in [-0.4, -0.2) is 62.2 Å². The van der Waals surface area contributed by atoms with Crippen molar-refractivity contribution in [2.45, 2.75) is 26.4 Å². The molecule has 12 nitrogen and oxygen atoms in total. The van der Waals surface area contributed by atoms with E-state index in [1.54, 1.807) is 89.5 Å². The van der Waals surface area contributed by atoms with Crippen LogP contribution >= 0.6 is 0 Å². The van der Waals surface area contributed by atoms with Crippen molar-refractivity contribution in [1.82, 2.24) is 24.0 Å². The standard InChI is InChI=1S/C34H35N7O5/c1-34(2,3)46-33(44)38(4)20-10-15-28(42)39(5)24-11-9-12-25(21-24)41-31-29(30(35)36-22-37-31)40(32(41)43)23-16-18-27(19-17-23)45-26-13-7-6-8-14-26/h6-19,21-22H,20H2,1-5H3,(H2,35,36,37). The third kappa shape index (κ3) is 6.91. The Morgan fingerprint density at radius 2 is 1.59 bits per heavy atom. The summed E-state index contributed by atoms with van der Waals surface area (Å²) in [5.74, 6) is 1.10. The van der Waals surface area contributed by atoms with Gasteiger partial charge in [-0.1, -0.05) is 30.3 Å². The number of fused-ring (bicyclic) bond motifs is 1. The summed E-state index contributed by atoms with van der Waals surface area (Å²) in [6.07, 6.45) is 3.77. The number of likely N-dealkylation sites (N-methyl/N-ethyl adjacent to an activating group) is 2. The van der Waals surface area contributed by atoms with E-state index in [1.165, 1.54) is 31.3 Å². The zero-order chi connectivity index (χ0) is 33.0. The number of para-hydroxylation sites is 1. The summed E-state index contributed by atoms with van der Waals surface area (Å²) >= 11 is 0. The number of ether oxygens (including phenoxy) is 2. The van der Waals surface area contributed by atoms with Gasteiger partial charge in [0.1, 0.15) is 28.9 Å². The lowest BCUT2D eigenvalue weighted by molar-refractivity contribution is -0.113. The van der Waals surface area contributed by atoms with Crippen LogP contribution in [0.3, 0.4) is 0 Å². The lowest BCUT2D eigenvalue weighted by atomic mass is 10.2. The Labute approximate surface area is 265 Å². The van der Waals surface area contributed by atoms with Gasteiger partial charge in [-0.3, -0.25) is 9.36 Å². The summed E-state index contributed by atoms with van der Waals surface area (Å²) in [5, 5.41) is 0. The number of anilines is 2. The van der Waals surface area contributed by atoms with Crippen molar-refractivity contribution >= 4 is 34.7 Å². The van der Waals surface area contributed by atoms with Crippen molar-refractivity contribution in [3.8, 4) is 22.9 Å². The van der Waals surface area contributed by atoms with Gasteiger partial charge in [0, 0.05) is 32.4 Å². The molecule has 2 heterocycles. The van der Waals surface area contributed by atoms with Crippen LogP contribution in [0.25, 0.3) is 22.5 Å². The van der Waals surface area contributed by atoms with Crippen LogP contribution in [0.1, 0.15) is 20.8 Å². The molecular formula is C34H35N7O5. The fraction of sp³-hybridized carbons (Fsp3) is 0.206. The first kappa shape index (κ1) is 31.5. The zero-order valence-electron chi connectivity index (χ0n) is 26.2. The number of amides is 2. The number of benzene rings is 3. The van der Waals surface area contributed by atoms with Crippen LogP contribution in [0.5, 0.6) is 11.5 Å². The molecule has 0 fully saturated rings. The zero-order valence-corrected chi connectivity index (χ0v) is 26.2. The van der Waals surface area contributed by atoms with Crippen molar-refractivity contribution < 1.29 is 19.1 Å². The lowest BCUT2D eigenvalue weighted by Crippen LogP contribution is -2.34. The minimum Gasteiger partial charge on any atom is -0.457 e. The number of nitrogen functional groups attached to an aromatic ring is 1. The number of nitrogens with zero attached hydrogens (tertiary/aromatic N) is 6. The Hall–Kier alpha value is -5.91. The largest absolute Gasteiger partial charge is 0.457 e. The van der Waals surface area contributed by atoms with E-state index in [9.17, 15) is 14.4 Å². The summed E-state index contributed by atoms with van der Waals surface area (Å²) in [5.41, 5.74) is 7.43. The van der Waals surface area contributed by atoms with Crippen LogP contribution in [0.15, 0.2) is 102 Å². The number of hydrogen-bond acceptors (Lipinski definition) is 8. The van der Waals surface area contributed by atoms with Crippen LogP contribution < -0.4 is 21.1 Å². The molecule has 2 aromatic heterocycles. The van der Waals surface area contributed by atoms with Gasteiger partial charge in [-0.15, -0.1) is 0 Å². The van der Waals surface area contributed by atoms with E-state index >= 15 is 0 Å². The highest BCUT2D eigenvalue weighted by molar-refractivity contribution is 6.01. The second-order valence-electron chi connectivity index (χ2n) is 11.5. The number of carbonyl (C=O) groups excluding carboxylic acids is 2. The molecule has 0 saturated carbocycles. The van der Waals surface area contributed by atoms with E-state index in [1.807, 2.05) is 30.3 Å². The molecule has 0 spiro atoms. The molecule has 3 aromatic carbocycles. The second-order valence-corrected chi connectivity index (χ2v) is 11.5. The highest BCUT2D eigenvalue weighted by Crippen LogP contribution is 2.27. The first-order chi connectivity index (χ1) is 21.9. The fourth-order valence-corrected chi connectivity index (χ4v) is 4.61. The molecule has 5 rings (SSSR count). The number of aromatic nitrogens is 4. The molecule has 0 aliphatic heterocycles. The predicted octanol–water partition coefficient (Wildman–Crippen LogP) is 5.33. The van der Waals surface area contributed by atoms with Gasteiger partial charge in [0.05, 0.1) is 11.4 Å². The summed E-state index contributed by atoms with van der Waals surface area (Å²) in [6, 6.07) is 23.4. The Kier molecular flexibility index (Phi) is 8.89. The number of carbonyl (C=O) groups is 2. The van der Waals surface area contributed by atoms with Gasteiger partial charge in [0.2, 0.25) is 5.91 Å². The lowest BCUT2D eigenvalue weighted by Gasteiger charge is -2.23. The first-order valence-corrected chi connectivity index (χ1v) is 14.5. The molecule has 0 unspecified atom stereocenters. The maximum absolute atomic E-state index is 14.0. The maximum atomic E-state index is 14.0. The van der Waals surface area contributed by atoms with Crippen LogP contribution in [0.4, 0.5) is 16.3 Å². The van der Waals surface area contributed by atoms with Gasteiger partial charge in [0.25, 0.3) is 0 Å². The molecule has 2 amide bonds. The third-order valence-corrected chi connectivity index (χ3v) is 6.87. The van der Waals surface area contributed by atoms with Gasteiger partial charge in [-0.05, 0) is 75.4 Å². The summed E-state index contributed by atoms with van der Waals surface area (Å²) in [4.78, 5) is 50.6. The van der Waals surface area contributed by atoms with Crippen LogP contribution in [0.2, 0.25) is 0 Å². The number of imidazole rings is 1. The average molecular weight is 622 g/mol. The van der Waals surface area contributed by atoms with E-state index in [0.717, 1.165) is 0 Å². The Balaban J connectivity index is 1.42. The number of hydrogen-bond donors (Lipinski definition) is 1. The van der Waals surface area contributed by atoms with Gasteiger partial charge in [-0.25, -0.2) is 24.1 Å². The Bertz CT molecular complexity index is 1960. The van der Waals surface area contributed by atoms with E-state index < -0.39 is 17.4 Å². The normalized spacial score (nSPS) is 11.5. The van der Waals surface area contributed by atoms with Gasteiger partial charge < -0.3 is 25.0 Å². The highest BCUT2D eigenvalue weighted by atomic mass is 16.6. The molecule has 5 aromatic rings. The molecule has 46 heavy (non-hydrogen) atoms. The molecule has 2 N–H and O–H groups in total. The number of rotatable bonds is 8. The van der Waals surface area contributed by atoms with E-state index in [-0.39, 0.29) is 18.3 Å². The molecule has 0 aliphatic rings. The van der Waals surface area contributed by atoms with E-state index in [0.29, 0.717) is 39.7 Å². The second kappa shape index (κ2) is 13.0. The van der Waals surface area contributed by atoms with Crippen molar-refractivity contribution in [2.75, 3.05) is 31.3 Å². The smallest absolute Gasteiger partial charge is 0.410 e. The van der Waals surface area contributed by atoms with Crippen molar-refractivity contribution in [3.63, 3.8) is 0 Å². The SMILES string of the molecule is CN(CC=CC(=O)N(C)c1cccc(-n2c(=O)n(-c3ccc(Oc4ccccc4)cc3)c3c(N)ncnc32)c1)C(=O)OC(C)(C)C. The Morgan fingerprint density at radius 3 is 2.28 bits per heavy atom. The summed E-state index contributed by atoms with van der Waals surface area (Å²) in [6.45, 7) is 5.54. The molecule has 236 valence electrons. The predicted molar refractivity (Wildman–Crippen MR) is 177 cm³/mol. The molecule has 0 bridgehead atoms. The molecule has 0 atom stereocenters. The number of nitrogens with two attached hydrogens (primary N) is 1. The van der Waals surface area contributed by atoms with Crippen molar-refractivity contribution in [2.24, 2.45) is 0 Å². The highest BCUT2D eigenvalue weighted by Gasteiger charge is 2.22. The third-order valence-electron chi connectivity index (χ3n) is 6.87. The van der Waals surface area contributed by atoms with Gasteiger partial charge >= 0.3 is 11.8 Å². The summed E-state index contributed by atoms with van der Waals surface area (Å²) in [7, 11) is 3.21. The van der Waals surface area contributed by atoms with E-state index in [4.69, 9.17) is 15.2 Å². The monoisotopic (exact) mass is 621 g/mol. The average Bonchev–Trinajstić information content (AvgIpc) is 3.33. The fourth-order valence-electron chi connectivity index (χ4n) is 4.61. The first-order valence-electron chi connectivity index (χ1n) is 14.5. The van der Waals surface area contributed by atoms with Crippen molar-refractivity contribution in [3.05, 3.63) is 108 Å². The molecule has 0 aliphatic carbocycles. The molecule has 0 radical (unpaired) electrons. The van der Waals surface area contributed by atoms with Gasteiger partial charge in [0.15, 0.2) is 11.5 Å². The minimum atomic E-state index is -0.621. The quantitative estimate of drug-likeness (QED) is 0.230. The Morgan fingerprint density at radius 1 is 0.891 bits per heavy atom. The molecule has 0 saturated heterocycles. The van der Waals surface area contributed by atoms with Crippen LogP contribution in [-0.2, 0) is 9.53 Å².